The second kappa shape index (κ2) is 5.76. The topological polar surface area (TPSA) is 57.6 Å². The molecule has 1 unspecified atom stereocenters. The van der Waals surface area contributed by atoms with E-state index in [4.69, 9.17) is 5.11 Å². The molecule has 5 heteroatoms. The Morgan fingerprint density at radius 1 is 1.12 bits per heavy atom. The Labute approximate surface area is 106 Å². The molecule has 4 nitrogen and oxygen atoms in total. The minimum absolute atomic E-state index is 0.00343. The minimum atomic E-state index is -0.848. The molecule has 2 atom stereocenters. The number of thioether (sulfide) groups is 1. The van der Waals surface area contributed by atoms with Crippen LogP contribution in [0.1, 0.15) is 38.5 Å². The van der Waals surface area contributed by atoms with Crippen molar-refractivity contribution in [2.45, 2.75) is 49.8 Å². The number of hydrogen-bond acceptors (Lipinski definition) is 3. The van der Waals surface area contributed by atoms with Crippen LogP contribution < -0.4 is 0 Å². The number of aliphatic carboxylic acids is 1. The van der Waals surface area contributed by atoms with Crippen LogP contribution in [-0.2, 0) is 9.59 Å². The van der Waals surface area contributed by atoms with Crippen LogP contribution in [0.3, 0.4) is 0 Å². The fourth-order valence-electron chi connectivity index (χ4n) is 2.57. The van der Waals surface area contributed by atoms with Gasteiger partial charge >= 0.3 is 5.97 Å². The first kappa shape index (κ1) is 12.7. The summed E-state index contributed by atoms with van der Waals surface area (Å²) in [5.74, 6) is 0.239. The van der Waals surface area contributed by atoms with E-state index in [-0.39, 0.29) is 11.2 Å². The molecule has 96 valence electrons. The number of likely N-dealkylation sites (tertiary alicyclic amines) is 1. The number of hydrogen-bond donors (Lipinski definition) is 1. The van der Waals surface area contributed by atoms with E-state index in [9.17, 15) is 9.59 Å². The molecule has 0 spiro atoms. The molecular weight excluding hydrogens is 238 g/mol. The normalized spacial score (nSPS) is 30.0. The van der Waals surface area contributed by atoms with E-state index >= 15 is 0 Å². The van der Waals surface area contributed by atoms with Gasteiger partial charge in [0, 0.05) is 6.54 Å². The van der Waals surface area contributed by atoms with Crippen LogP contribution in [0.4, 0.5) is 0 Å². The van der Waals surface area contributed by atoms with E-state index in [2.05, 4.69) is 0 Å². The van der Waals surface area contributed by atoms with Crippen LogP contribution >= 0.6 is 11.8 Å². The average Bonchev–Trinajstić information content (AvgIpc) is 2.39. The summed E-state index contributed by atoms with van der Waals surface area (Å²) in [5.41, 5.74) is 0. The van der Waals surface area contributed by atoms with E-state index in [1.807, 2.05) is 0 Å². The van der Waals surface area contributed by atoms with Gasteiger partial charge in [-0.3, -0.25) is 4.79 Å². The van der Waals surface area contributed by atoms with Gasteiger partial charge in [0.15, 0.2) is 0 Å². The van der Waals surface area contributed by atoms with E-state index in [0.717, 1.165) is 31.4 Å². The highest BCUT2D eigenvalue weighted by atomic mass is 32.2. The smallest absolute Gasteiger partial charge is 0.326 e. The molecule has 17 heavy (non-hydrogen) atoms. The molecular formula is C12H19NO3S. The molecule has 2 fully saturated rings. The van der Waals surface area contributed by atoms with Crippen molar-refractivity contribution < 1.29 is 14.7 Å². The molecule has 2 aliphatic rings. The molecule has 0 aromatic carbocycles. The van der Waals surface area contributed by atoms with Crippen LogP contribution in [0, 0.1) is 0 Å². The number of amides is 1. The molecule has 0 aliphatic carbocycles. The van der Waals surface area contributed by atoms with Gasteiger partial charge in [-0.1, -0.05) is 6.42 Å². The summed E-state index contributed by atoms with van der Waals surface area (Å²) < 4.78 is 0. The van der Waals surface area contributed by atoms with Crippen LogP contribution in [0.15, 0.2) is 0 Å². The summed E-state index contributed by atoms with van der Waals surface area (Å²) >= 11 is 1.69. The predicted octanol–water partition coefficient (Wildman–Crippen LogP) is 1.74. The predicted molar refractivity (Wildman–Crippen MR) is 67.1 cm³/mol. The second-order valence-corrected chi connectivity index (χ2v) is 6.05. The number of carbonyl (C=O) groups excluding carboxylic acids is 1. The van der Waals surface area contributed by atoms with Gasteiger partial charge in [-0.05, 0) is 37.9 Å². The molecule has 0 bridgehead atoms. The third-order valence-electron chi connectivity index (χ3n) is 3.53. The molecule has 2 heterocycles. The van der Waals surface area contributed by atoms with Crippen molar-refractivity contribution in [1.82, 2.24) is 4.90 Å². The summed E-state index contributed by atoms with van der Waals surface area (Å²) in [6.45, 7) is 0.618. The maximum Gasteiger partial charge on any atom is 0.326 e. The lowest BCUT2D eigenvalue weighted by Crippen LogP contribution is -2.51. The lowest BCUT2D eigenvalue weighted by molar-refractivity contribution is -0.151. The Balaban J connectivity index is 2.02. The highest BCUT2D eigenvalue weighted by Gasteiger charge is 2.35. The largest absolute Gasteiger partial charge is 0.480 e. The van der Waals surface area contributed by atoms with E-state index in [1.165, 1.54) is 6.42 Å². The number of nitrogens with zero attached hydrogens (tertiary/aromatic N) is 1. The molecule has 0 aromatic rings. The van der Waals surface area contributed by atoms with Crippen molar-refractivity contribution in [3.63, 3.8) is 0 Å². The van der Waals surface area contributed by atoms with E-state index in [0.29, 0.717) is 13.0 Å². The van der Waals surface area contributed by atoms with Crippen molar-refractivity contribution >= 4 is 23.6 Å². The quantitative estimate of drug-likeness (QED) is 0.818. The van der Waals surface area contributed by atoms with Gasteiger partial charge in [0.25, 0.3) is 0 Å². The standard InChI is InChI=1S/C12H19NO3S/c14-11(10-6-2-4-8-17-10)13-7-3-1-5-9(13)12(15)16/h9-10H,1-8H2,(H,15,16)/t9-,10?/m1/s1. The molecule has 1 amide bonds. The van der Waals surface area contributed by atoms with Crippen molar-refractivity contribution in [1.29, 1.82) is 0 Å². The molecule has 0 aromatic heterocycles. The van der Waals surface area contributed by atoms with Crippen LogP contribution in [-0.4, -0.2) is 45.5 Å². The van der Waals surface area contributed by atoms with Crippen molar-refractivity contribution in [2.24, 2.45) is 0 Å². The van der Waals surface area contributed by atoms with Crippen molar-refractivity contribution in [2.75, 3.05) is 12.3 Å². The highest BCUT2D eigenvalue weighted by molar-refractivity contribution is 8.00. The summed E-state index contributed by atoms with van der Waals surface area (Å²) in [4.78, 5) is 25.1. The summed E-state index contributed by atoms with van der Waals surface area (Å²) in [6.07, 6.45) is 5.64. The van der Waals surface area contributed by atoms with Crippen LogP contribution in [0.5, 0.6) is 0 Å². The number of carboxylic acids is 1. The maximum atomic E-state index is 12.3. The maximum absolute atomic E-state index is 12.3. The van der Waals surface area contributed by atoms with Gasteiger partial charge < -0.3 is 10.0 Å². The summed E-state index contributed by atoms with van der Waals surface area (Å²) in [5, 5.41) is 9.16. The third-order valence-corrected chi connectivity index (χ3v) is 4.89. The fraction of sp³-hybridized carbons (Fsp3) is 0.833. The molecule has 2 rings (SSSR count). The van der Waals surface area contributed by atoms with Crippen molar-refractivity contribution in [3.05, 3.63) is 0 Å². The van der Waals surface area contributed by atoms with E-state index < -0.39 is 12.0 Å². The Kier molecular flexibility index (Phi) is 4.31. The molecule has 2 saturated heterocycles. The van der Waals surface area contributed by atoms with Gasteiger partial charge in [0.2, 0.25) is 5.91 Å². The van der Waals surface area contributed by atoms with Gasteiger partial charge in [-0.25, -0.2) is 4.79 Å². The Hall–Kier alpha value is -0.710. The Morgan fingerprint density at radius 2 is 1.88 bits per heavy atom. The van der Waals surface area contributed by atoms with Gasteiger partial charge in [0.1, 0.15) is 6.04 Å². The highest BCUT2D eigenvalue weighted by Crippen LogP contribution is 2.29. The van der Waals surface area contributed by atoms with Crippen molar-refractivity contribution in [3.8, 4) is 0 Å². The Morgan fingerprint density at radius 3 is 2.53 bits per heavy atom. The molecule has 2 aliphatic heterocycles. The summed E-state index contributed by atoms with van der Waals surface area (Å²) in [6, 6.07) is -0.584. The lowest BCUT2D eigenvalue weighted by Gasteiger charge is -2.36. The number of piperidine rings is 1. The number of carboxylic acid groups (broad SMARTS) is 1. The molecule has 0 saturated carbocycles. The van der Waals surface area contributed by atoms with E-state index in [1.54, 1.807) is 16.7 Å². The third kappa shape index (κ3) is 2.94. The number of carbonyl (C=O) groups is 2. The lowest BCUT2D eigenvalue weighted by atomic mass is 10.0. The Bertz CT molecular complexity index is 302. The number of rotatable bonds is 2. The molecule has 1 N–H and O–H groups in total. The second-order valence-electron chi connectivity index (χ2n) is 4.74. The van der Waals surface area contributed by atoms with Crippen LogP contribution in [0.25, 0.3) is 0 Å². The minimum Gasteiger partial charge on any atom is -0.480 e. The monoisotopic (exact) mass is 257 g/mol. The fourth-order valence-corrected chi connectivity index (χ4v) is 3.84. The van der Waals surface area contributed by atoms with Gasteiger partial charge in [0.05, 0.1) is 5.25 Å². The molecule has 0 radical (unpaired) electrons. The SMILES string of the molecule is O=C(O)[C@H]1CCCCN1C(=O)C1CCCCS1. The van der Waals surface area contributed by atoms with Gasteiger partial charge in [-0.15, -0.1) is 11.8 Å². The zero-order valence-corrected chi connectivity index (χ0v) is 10.7. The van der Waals surface area contributed by atoms with Crippen LogP contribution in [0.2, 0.25) is 0 Å². The zero-order chi connectivity index (χ0) is 12.3. The summed E-state index contributed by atoms with van der Waals surface area (Å²) in [7, 11) is 0. The average molecular weight is 257 g/mol. The first-order valence-electron chi connectivity index (χ1n) is 6.35. The van der Waals surface area contributed by atoms with Gasteiger partial charge in [-0.2, -0.15) is 0 Å². The first-order chi connectivity index (χ1) is 8.20. The first-order valence-corrected chi connectivity index (χ1v) is 7.40. The zero-order valence-electron chi connectivity index (χ0n) is 9.93.